The van der Waals surface area contributed by atoms with Crippen LogP contribution in [0.5, 0.6) is 11.5 Å². The molecule has 5 aromatic rings. The molecule has 2 heteroatoms. The van der Waals surface area contributed by atoms with Crippen LogP contribution in [0.4, 0.5) is 0 Å². The zero-order chi connectivity index (χ0) is 27.0. The van der Waals surface area contributed by atoms with Crippen LogP contribution in [0.3, 0.4) is 0 Å². The van der Waals surface area contributed by atoms with E-state index in [2.05, 4.69) is 66.7 Å². The Labute approximate surface area is 241 Å². The van der Waals surface area contributed by atoms with Crippen LogP contribution in [0, 0.1) is 0 Å². The third-order valence-electron chi connectivity index (χ3n) is 8.67. The fourth-order valence-electron chi connectivity index (χ4n) is 6.63. The van der Waals surface area contributed by atoms with Gasteiger partial charge in [-0.3, -0.25) is 0 Å². The molecule has 0 bridgehead atoms. The summed E-state index contributed by atoms with van der Waals surface area (Å²) >= 11 is 0. The van der Waals surface area contributed by atoms with Crippen LogP contribution in [0.2, 0.25) is 0 Å². The molecule has 0 aliphatic heterocycles. The Balaban J connectivity index is 0.000000151. The summed E-state index contributed by atoms with van der Waals surface area (Å²) in [6.07, 6.45) is 14.8. The lowest BCUT2D eigenvalue weighted by Crippen LogP contribution is -2.26. The molecule has 2 saturated carbocycles. The second-order valence-corrected chi connectivity index (χ2v) is 14.2. The second-order valence-electron chi connectivity index (χ2n) is 11.4. The predicted octanol–water partition coefficient (Wildman–Crippen LogP) is 11.2. The number of benzene rings is 5. The van der Waals surface area contributed by atoms with E-state index in [0.717, 1.165) is 22.8 Å². The third-order valence-corrected chi connectivity index (χ3v) is 12.1. The van der Waals surface area contributed by atoms with E-state index in [4.69, 9.17) is 4.74 Å². The van der Waals surface area contributed by atoms with Crippen molar-refractivity contribution in [1.82, 2.24) is 0 Å². The van der Waals surface area contributed by atoms with Crippen molar-refractivity contribution in [2.45, 2.75) is 75.5 Å². The predicted molar refractivity (Wildman–Crippen MR) is 175 cm³/mol. The average molecular weight is 545 g/mol. The Morgan fingerprint density at radius 2 is 0.925 bits per heavy atom. The van der Waals surface area contributed by atoms with Gasteiger partial charge in [-0.2, -0.15) is 0 Å². The van der Waals surface area contributed by atoms with E-state index in [-0.39, 0.29) is 7.92 Å². The van der Waals surface area contributed by atoms with Gasteiger partial charge in [-0.15, -0.1) is 0 Å². The largest absolute Gasteiger partial charge is 0.457 e. The lowest BCUT2D eigenvalue weighted by atomic mass is 9.99. The van der Waals surface area contributed by atoms with Gasteiger partial charge in [0.05, 0.1) is 0 Å². The molecule has 0 amide bonds. The van der Waals surface area contributed by atoms with E-state index < -0.39 is 0 Å². The molecule has 2 fully saturated rings. The van der Waals surface area contributed by atoms with Crippen LogP contribution in [-0.2, 0) is 0 Å². The summed E-state index contributed by atoms with van der Waals surface area (Å²) in [6.45, 7) is 0. The van der Waals surface area contributed by atoms with Crippen molar-refractivity contribution in [3.05, 3.63) is 115 Å². The molecule has 1 nitrogen and oxygen atoms in total. The summed E-state index contributed by atoms with van der Waals surface area (Å²) in [6, 6.07) is 40.5. The lowest BCUT2D eigenvalue weighted by molar-refractivity contribution is 0.483. The van der Waals surface area contributed by atoms with Gasteiger partial charge in [-0.1, -0.05) is 131 Å². The summed E-state index contributed by atoms with van der Waals surface area (Å²) in [7, 11) is 0.0347. The average Bonchev–Trinajstić information content (AvgIpc) is 3.03. The Morgan fingerprint density at radius 3 is 1.52 bits per heavy atom. The van der Waals surface area contributed by atoms with Crippen molar-refractivity contribution in [3.8, 4) is 11.5 Å². The number of hydrogen-bond donors (Lipinski definition) is 0. The van der Waals surface area contributed by atoms with E-state index in [1.165, 1.54) is 85.8 Å². The number of ether oxygens (including phenoxy) is 1. The Kier molecular flexibility index (Phi) is 9.11. The molecule has 40 heavy (non-hydrogen) atoms. The molecular weight excluding hydrogens is 503 g/mol. The number of rotatable bonds is 5. The van der Waals surface area contributed by atoms with Gasteiger partial charge in [-0.25, -0.2) is 0 Å². The van der Waals surface area contributed by atoms with Gasteiger partial charge in [0.2, 0.25) is 0 Å². The minimum Gasteiger partial charge on any atom is -0.457 e. The molecule has 204 valence electrons. The van der Waals surface area contributed by atoms with E-state index >= 15 is 0 Å². The minimum absolute atomic E-state index is 0.0347. The molecule has 0 atom stereocenters. The zero-order valence-electron chi connectivity index (χ0n) is 23.6. The highest BCUT2D eigenvalue weighted by Gasteiger charge is 2.32. The van der Waals surface area contributed by atoms with Gasteiger partial charge in [0.25, 0.3) is 0 Å². The van der Waals surface area contributed by atoms with Gasteiger partial charge in [0.15, 0.2) is 0 Å². The monoisotopic (exact) mass is 544 g/mol. The van der Waals surface area contributed by atoms with Gasteiger partial charge in [0, 0.05) is 0 Å². The molecule has 2 aliphatic carbocycles. The van der Waals surface area contributed by atoms with Crippen molar-refractivity contribution in [2.24, 2.45) is 0 Å². The molecule has 7 rings (SSSR count). The fourth-order valence-corrected chi connectivity index (χ4v) is 10.4. The molecule has 0 aromatic heterocycles. The first kappa shape index (κ1) is 27.0. The number of para-hydroxylation sites is 1. The summed E-state index contributed by atoms with van der Waals surface area (Å²) in [5, 5.41) is 6.98. The van der Waals surface area contributed by atoms with Gasteiger partial charge < -0.3 is 4.74 Å². The van der Waals surface area contributed by atoms with E-state index in [1.807, 2.05) is 48.5 Å². The SMILES string of the molecule is c1ccc(Oc2ccc3ccccc3c2)cc1.c1ccc2cc(P(C3CCCCC3)C3CCCCC3)ccc2c1. The number of hydrogen-bond acceptors (Lipinski definition) is 1. The van der Waals surface area contributed by atoms with Crippen LogP contribution >= 0.6 is 7.92 Å². The maximum absolute atomic E-state index is 5.79. The molecular formula is C38H41OP. The zero-order valence-corrected chi connectivity index (χ0v) is 24.4. The van der Waals surface area contributed by atoms with Crippen molar-refractivity contribution in [2.75, 3.05) is 0 Å². The van der Waals surface area contributed by atoms with Crippen LogP contribution in [0.25, 0.3) is 21.5 Å². The fraction of sp³-hybridized carbons (Fsp3) is 0.316. The maximum atomic E-state index is 5.79. The second kappa shape index (κ2) is 13.5. The standard InChI is InChI=1S/C22H29P.C16H12O/c1-3-11-20(12-4-1)23(21-13-5-2-6-14-21)22-16-15-18-9-7-8-10-19(18)17-22;1-2-8-15(9-3-1)17-16-11-10-13-6-4-5-7-14(13)12-16/h7-10,15-17,20-21H,1-6,11-14H2;1-12H. The molecule has 0 unspecified atom stereocenters. The van der Waals surface area contributed by atoms with Crippen molar-refractivity contribution in [1.29, 1.82) is 0 Å². The molecule has 2 aliphatic rings. The molecule has 5 aromatic carbocycles. The third kappa shape index (κ3) is 6.76. The molecule has 0 saturated heterocycles. The Bertz CT molecular complexity index is 1480. The highest BCUT2D eigenvalue weighted by Crippen LogP contribution is 2.55. The summed E-state index contributed by atoms with van der Waals surface area (Å²) in [5.41, 5.74) is 2.01. The van der Waals surface area contributed by atoms with Gasteiger partial charge in [-0.05, 0) is 94.2 Å². The van der Waals surface area contributed by atoms with Gasteiger partial charge >= 0.3 is 0 Å². The molecule has 0 radical (unpaired) electrons. The first-order valence-corrected chi connectivity index (χ1v) is 16.8. The van der Waals surface area contributed by atoms with Crippen LogP contribution < -0.4 is 10.0 Å². The smallest absolute Gasteiger partial charge is 0.128 e. The Hall–Kier alpha value is -3.15. The summed E-state index contributed by atoms with van der Waals surface area (Å²) < 4.78 is 5.79. The van der Waals surface area contributed by atoms with E-state index in [1.54, 1.807) is 5.30 Å². The molecule has 0 heterocycles. The van der Waals surface area contributed by atoms with Crippen molar-refractivity contribution in [3.63, 3.8) is 0 Å². The summed E-state index contributed by atoms with van der Waals surface area (Å²) in [4.78, 5) is 0. The maximum Gasteiger partial charge on any atom is 0.128 e. The van der Waals surface area contributed by atoms with E-state index in [0.29, 0.717) is 0 Å². The minimum atomic E-state index is 0.0347. The normalized spacial score (nSPS) is 16.5. The van der Waals surface area contributed by atoms with Crippen LogP contribution in [0.15, 0.2) is 115 Å². The van der Waals surface area contributed by atoms with Crippen LogP contribution in [0.1, 0.15) is 64.2 Å². The Morgan fingerprint density at radius 1 is 0.425 bits per heavy atom. The lowest BCUT2D eigenvalue weighted by Gasteiger charge is -2.38. The number of fused-ring (bicyclic) bond motifs is 2. The quantitative estimate of drug-likeness (QED) is 0.200. The summed E-state index contributed by atoms with van der Waals surface area (Å²) in [5.74, 6) is 1.73. The van der Waals surface area contributed by atoms with Crippen molar-refractivity contribution < 1.29 is 4.74 Å². The molecule has 0 spiro atoms. The first-order valence-electron chi connectivity index (χ1n) is 15.3. The van der Waals surface area contributed by atoms with Gasteiger partial charge in [0.1, 0.15) is 11.5 Å². The highest BCUT2D eigenvalue weighted by atomic mass is 31.1. The molecule has 0 N–H and O–H groups in total. The van der Waals surface area contributed by atoms with E-state index in [9.17, 15) is 0 Å². The topological polar surface area (TPSA) is 9.23 Å². The van der Waals surface area contributed by atoms with Crippen LogP contribution in [-0.4, -0.2) is 11.3 Å². The van der Waals surface area contributed by atoms with Crippen molar-refractivity contribution >= 4 is 34.8 Å². The first-order chi connectivity index (χ1) is 19.8. The highest BCUT2D eigenvalue weighted by molar-refractivity contribution is 7.67.